The van der Waals surface area contributed by atoms with Crippen molar-refractivity contribution in [2.24, 2.45) is 29.1 Å². The van der Waals surface area contributed by atoms with Crippen LogP contribution in [0.4, 0.5) is 4.79 Å². The third kappa shape index (κ3) is 9.74. The number of carbonyl (C=O) groups excluding carboxylic acids is 7. The van der Waals surface area contributed by atoms with E-state index in [4.69, 9.17) is 4.74 Å². The molecule has 5 amide bonds. The van der Waals surface area contributed by atoms with Crippen molar-refractivity contribution >= 4 is 41.3 Å². The topological polar surface area (TPSA) is 180 Å². The van der Waals surface area contributed by atoms with Gasteiger partial charge in [-0.3, -0.25) is 28.8 Å². The Morgan fingerprint density at radius 1 is 0.941 bits per heavy atom. The van der Waals surface area contributed by atoms with E-state index in [0.29, 0.717) is 18.5 Å². The standard InChI is InChI=1S/C38H55N5O8/c1-7-14-27(33(46)35(48)39-19-28(45)41-30(23(4)44)24-15-10-8-11-16-24)40-34(47)32-29-26(38(29,5)6)20-43(32)36(49)31(25-17-12-9-13-18-25)42-37(50)51-21-22(2)3/h8,10-11,15-16,22,25-27,29-32H,7,9,12-14,17-21H2,1-6H3,(H,39,48)(H,40,47)(H,41,45)(H,42,50)/t26-,27?,29-,30+,31-,32-/m0/s1. The largest absolute Gasteiger partial charge is 0.449 e. The minimum Gasteiger partial charge on any atom is -0.449 e. The molecule has 1 aromatic carbocycles. The van der Waals surface area contributed by atoms with Crippen LogP contribution in [0.25, 0.3) is 0 Å². The number of hydrogen-bond donors (Lipinski definition) is 4. The van der Waals surface area contributed by atoms with Crippen LogP contribution in [-0.4, -0.2) is 84.0 Å². The number of ketones is 2. The summed E-state index contributed by atoms with van der Waals surface area (Å²) >= 11 is 0. The number of nitrogens with one attached hydrogen (secondary N) is 4. The molecule has 6 atom stereocenters. The van der Waals surface area contributed by atoms with Crippen LogP contribution in [0.3, 0.4) is 0 Å². The van der Waals surface area contributed by atoms with Crippen LogP contribution < -0.4 is 21.3 Å². The molecular formula is C38H55N5O8. The number of amides is 5. The van der Waals surface area contributed by atoms with Gasteiger partial charge in [-0.05, 0) is 60.8 Å². The molecule has 1 aromatic rings. The number of likely N-dealkylation sites (tertiary alicyclic amines) is 1. The van der Waals surface area contributed by atoms with E-state index < -0.39 is 60.3 Å². The number of Topliss-reactive ketones (excluding diaryl/α,β-unsaturated/α-hetero) is 2. The molecule has 3 fully saturated rings. The number of nitrogens with zero attached hydrogens (tertiary/aromatic N) is 1. The molecule has 0 spiro atoms. The molecule has 4 rings (SSSR count). The second kappa shape index (κ2) is 17.3. The maximum absolute atomic E-state index is 14.3. The summed E-state index contributed by atoms with van der Waals surface area (Å²) in [6.07, 6.45) is 4.44. The first-order valence-electron chi connectivity index (χ1n) is 18.4. The molecule has 3 aliphatic rings. The second-order valence-electron chi connectivity index (χ2n) is 15.3. The average Bonchev–Trinajstić information content (AvgIpc) is 3.40. The lowest BCUT2D eigenvalue weighted by molar-refractivity contribution is -0.145. The maximum Gasteiger partial charge on any atom is 0.407 e. The van der Waals surface area contributed by atoms with Crippen LogP contribution in [0.2, 0.25) is 0 Å². The minimum atomic E-state index is -1.18. The highest BCUT2D eigenvalue weighted by molar-refractivity contribution is 6.38. The predicted octanol–water partition coefficient (Wildman–Crippen LogP) is 3.22. The van der Waals surface area contributed by atoms with Crippen LogP contribution in [0.15, 0.2) is 30.3 Å². The number of rotatable bonds is 16. The summed E-state index contributed by atoms with van der Waals surface area (Å²) in [5.41, 5.74) is 0.369. The summed E-state index contributed by atoms with van der Waals surface area (Å²) in [7, 11) is 0. The van der Waals surface area contributed by atoms with E-state index in [9.17, 15) is 33.6 Å². The van der Waals surface area contributed by atoms with Gasteiger partial charge in [-0.15, -0.1) is 0 Å². The lowest BCUT2D eigenvalue weighted by Gasteiger charge is -2.37. The van der Waals surface area contributed by atoms with Gasteiger partial charge in [-0.2, -0.15) is 0 Å². The smallest absolute Gasteiger partial charge is 0.407 e. The summed E-state index contributed by atoms with van der Waals surface area (Å²) in [5, 5.41) is 10.5. The van der Waals surface area contributed by atoms with Crippen LogP contribution in [0.5, 0.6) is 0 Å². The van der Waals surface area contributed by atoms with E-state index >= 15 is 0 Å². The fourth-order valence-corrected chi connectivity index (χ4v) is 7.75. The van der Waals surface area contributed by atoms with E-state index in [-0.39, 0.29) is 53.8 Å². The Bertz CT molecular complexity index is 1460. The Labute approximate surface area is 300 Å². The van der Waals surface area contributed by atoms with Gasteiger partial charge in [0.2, 0.25) is 23.5 Å². The summed E-state index contributed by atoms with van der Waals surface area (Å²) in [6.45, 7) is 11.1. The van der Waals surface area contributed by atoms with Gasteiger partial charge in [0.15, 0.2) is 5.78 Å². The number of benzene rings is 1. The van der Waals surface area contributed by atoms with Crippen molar-refractivity contribution in [1.82, 2.24) is 26.2 Å². The lowest BCUT2D eigenvalue weighted by Crippen LogP contribution is -2.59. The van der Waals surface area contributed by atoms with Gasteiger partial charge < -0.3 is 30.9 Å². The van der Waals surface area contributed by atoms with Crippen molar-refractivity contribution in [3.63, 3.8) is 0 Å². The molecule has 1 saturated heterocycles. The molecule has 0 radical (unpaired) electrons. The van der Waals surface area contributed by atoms with Crippen molar-refractivity contribution in [2.75, 3.05) is 19.7 Å². The van der Waals surface area contributed by atoms with E-state index in [1.807, 2.05) is 34.6 Å². The molecule has 0 bridgehead atoms. The van der Waals surface area contributed by atoms with Gasteiger partial charge in [0.1, 0.15) is 18.1 Å². The molecular weight excluding hydrogens is 654 g/mol. The molecule has 2 aliphatic carbocycles. The molecule has 13 heteroatoms. The predicted molar refractivity (Wildman–Crippen MR) is 189 cm³/mol. The summed E-state index contributed by atoms with van der Waals surface area (Å²) in [6, 6.07) is 4.82. The number of carbonyl (C=O) groups is 7. The molecule has 1 unspecified atom stereocenters. The second-order valence-corrected chi connectivity index (χ2v) is 15.3. The zero-order chi connectivity index (χ0) is 37.5. The first-order valence-corrected chi connectivity index (χ1v) is 18.4. The van der Waals surface area contributed by atoms with Crippen LogP contribution >= 0.6 is 0 Å². The molecule has 13 nitrogen and oxygen atoms in total. The normalized spacial score (nSPS) is 22.5. The fourth-order valence-electron chi connectivity index (χ4n) is 7.75. The number of fused-ring (bicyclic) bond motifs is 1. The summed E-state index contributed by atoms with van der Waals surface area (Å²) in [5.74, 6) is -3.86. The van der Waals surface area contributed by atoms with Crippen molar-refractivity contribution < 1.29 is 38.3 Å². The molecule has 4 N–H and O–H groups in total. The Morgan fingerprint density at radius 3 is 2.22 bits per heavy atom. The SMILES string of the molecule is CCCC(NC(=O)[C@@H]1[C@@H]2[C@H](CN1C(=O)[C@@H](NC(=O)OCC(C)C)C1CCCCC1)C2(C)C)C(=O)C(=O)NCC(=O)N[C@H](C(C)=O)c1ccccc1. The molecule has 0 aromatic heterocycles. The van der Waals surface area contributed by atoms with E-state index in [0.717, 1.165) is 32.1 Å². The van der Waals surface area contributed by atoms with Gasteiger partial charge in [0, 0.05) is 6.54 Å². The van der Waals surface area contributed by atoms with Gasteiger partial charge in [-0.25, -0.2) is 4.79 Å². The highest BCUT2D eigenvalue weighted by atomic mass is 16.5. The van der Waals surface area contributed by atoms with Crippen molar-refractivity contribution in [1.29, 1.82) is 0 Å². The van der Waals surface area contributed by atoms with Crippen LogP contribution in [-0.2, 0) is 33.5 Å². The molecule has 2 saturated carbocycles. The highest BCUT2D eigenvalue weighted by Gasteiger charge is 2.69. The number of alkyl carbamates (subject to hydrolysis) is 1. The molecule has 1 aliphatic heterocycles. The maximum atomic E-state index is 14.3. The number of piperidine rings is 1. The van der Waals surface area contributed by atoms with Gasteiger partial charge in [0.25, 0.3) is 5.91 Å². The Morgan fingerprint density at radius 2 is 1.61 bits per heavy atom. The Hall–Kier alpha value is -4.29. The minimum absolute atomic E-state index is 0.0638. The van der Waals surface area contributed by atoms with Crippen LogP contribution in [0.1, 0.15) is 98.1 Å². The first-order chi connectivity index (χ1) is 24.2. The average molecular weight is 710 g/mol. The third-order valence-electron chi connectivity index (χ3n) is 10.7. The van der Waals surface area contributed by atoms with Crippen LogP contribution in [0, 0.1) is 29.1 Å². The quantitative estimate of drug-likeness (QED) is 0.189. The molecule has 51 heavy (non-hydrogen) atoms. The molecule has 280 valence electrons. The van der Waals surface area contributed by atoms with Gasteiger partial charge in [-0.1, -0.05) is 90.6 Å². The van der Waals surface area contributed by atoms with E-state index in [1.54, 1.807) is 35.2 Å². The van der Waals surface area contributed by atoms with Gasteiger partial charge >= 0.3 is 6.09 Å². The third-order valence-corrected chi connectivity index (χ3v) is 10.7. The summed E-state index contributed by atoms with van der Waals surface area (Å²) < 4.78 is 5.37. The van der Waals surface area contributed by atoms with Crippen molar-refractivity contribution in [2.45, 2.75) is 111 Å². The zero-order valence-electron chi connectivity index (χ0n) is 30.8. The number of hydrogen-bond acceptors (Lipinski definition) is 8. The zero-order valence-corrected chi connectivity index (χ0v) is 30.8. The summed E-state index contributed by atoms with van der Waals surface area (Å²) in [4.78, 5) is 94.0. The van der Waals surface area contributed by atoms with E-state index in [2.05, 4.69) is 21.3 Å². The van der Waals surface area contributed by atoms with E-state index in [1.165, 1.54) is 6.92 Å². The fraction of sp³-hybridized carbons (Fsp3) is 0.658. The first kappa shape index (κ1) is 39.5. The Kier molecular flexibility index (Phi) is 13.4. The monoisotopic (exact) mass is 709 g/mol. The van der Waals surface area contributed by atoms with Crippen molar-refractivity contribution in [3.05, 3.63) is 35.9 Å². The number of ether oxygens (including phenoxy) is 1. The Balaban J connectivity index is 1.44. The van der Waals surface area contributed by atoms with Crippen molar-refractivity contribution in [3.8, 4) is 0 Å². The van der Waals surface area contributed by atoms with Gasteiger partial charge in [0.05, 0.1) is 19.2 Å². The molecule has 1 heterocycles. The lowest BCUT2D eigenvalue weighted by atomic mass is 9.83. The highest BCUT2D eigenvalue weighted by Crippen LogP contribution is 2.65.